The number of hydrogen-bond donors (Lipinski definition) is 1. The molecule has 1 aliphatic rings. The fraction of sp³-hybridized carbons (Fsp3) is 0.867. The number of ether oxygens (including phenoxy) is 2. The van der Waals surface area contributed by atoms with Crippen LogP contribution in [0.15, 0.2) is 0 Å². The molecule has 0 bridgehead atoms. The van der Waals surface area contributed by atoms with Crippen LogP contribution in [0.1, 0.15) is 33.6 Å². The topological polar surface area (TPSA) is 67.9 Å². The Hall–Kier alpha value is -1.14. The molecule has 1 unspecified atom stereocenters. The van der Waals surface area contributed by atoms with Crippen molar-refractivity contribution >= 4 is 11.8 Å². The maximum atomic E-state index is 12.6. The van der Waals surface area contributed by atoms with Gasteiger partial charge in [0.2, 0.25) is 11.8 Å². The molecule has 6 nitrogen and oxygen atoms in total. The highest BCUT2D eigenvalue weighted by Gasteiger charge is 2.37. The minimum Gasteiger partial charge on any atom is -0.382 e. The quantitative estimate of drug-likeness (QED) is 0.706. The zero-order chi connectivity index (χ0) is 15.9. The minimum atomic E-state index is -0.457. The van der Waals surface area contributed by atoms with E-state index in [1.807, 2.05) is 20.8 Å². The number of carbonyl (C=O) groups excluding carboxylic acids is 2. The lowest BCUT2D eigenvalue weighted by Gasteiger charge is -2.32. The molecule has 122 valence electrons. The van der Waals surface area contributed by atoms with Crippen molar-refractivity contribution in [3.8, 4) is 0 Å². The van der Waals surface area contributed by atoms with E-state index in [2.05, 4.69) is 5.32 Å². The zero-order valence-corrected chi connectivity index (χ0v) is 13.6. The summed E-state index contributed by atoms with van der Waals surface area (Å²) >= 11 is 0. The van der Waals surface area contributed by atoms with Crippen molar-refractivity contribution in [2.45, 2.75) is 39.7 Å². The predicted octanol–water partition coefficient (Wildman–Crippen LogP) is 0.803. The maximum Gasteiger partial charge on any atom is 0.245 e. The number of rotatable bonds is 7. The molecule has 0 radical (unpaired) electrons. The van der Waals surface area contributed by atoms with Crippen molar-refractivity contribution in [3.05, 3.63) is 0 Å². The van der Waals surface area contributed by atoms with Gasteiger partial charge in [0.05, 0.1) is 13.2 Å². The van der Waals surface area contributed by atoms with E-state index in [1.54, 1.807) is 12.0 Å². The summed E-state index contributed by atoms with van der Waals surface area (Å²) < 4.78 is 10.3. The van der Waals surface area contributed by atoms with Gasteiger partial charge < -0.3 is 19.7 Å². The molecule has 0 spiro atoms. The molecule has 1 rings (SSSR count). The van der Waals surface area contributed by atoms with Gasteiger partial charge in [0.15, 0.2) is 0 Å². The van der Waals surface area contributed by atoms with Crippen molar-refractivity contribution in [1.29, 1.82) is 0 Å². The molecule has 0 aliphatic carbocycles. The van der Waals surface area contributed by atoms with Crippen LogP contribution in [0, 0.1) is 5.41 Å². The summed E-state index contributed by atoms with van der Waals surface area (Å²) in [6.07, 6.45) is 1.13. The van der Waals surface area contributed by atoms with Gasteiger partial charge in [-0.15, -0.1) is 0 Å². The summed E-state index contributed by atoms with van der Waals surface area (Å²) in [6.45, 7) is 8.73. The first kappa shape index (κ1) is 17.9. The van der Waals surface area contributed by atoms with Crippen molar-refractivity contribution in [1.82, 2.24) is 10.2 Å². The Bertz CT molecular complexity index is 352. The molecule has 0 aromatic carbocycles. The molecule has 2 amide bonds. The van der Waals surface area contributed by atoms with Crippen LogP contribution in [0.2, 0.25) is 0 Å². The smallest absolute Gasteiger partial charge is 0.245 e. The van der Waals surface area contributed by atoms with E-state index < -0.39 is 6.04 Å². The van der Waals surface area contributed by atoms with Crippen LogP contribution in [0.4, 0.5) is 0 Å². The van der Waals surface area contributed by atoms with Crippen LogP contribution < -0.4 is 5.32 Å². The highest BCUT2D eigenvalue weighted by atomic mass is 16.5. The van der Waals surface area contributed by atoms with E-state index in [4.69, 9.17) is 9.47 Å². The Morgan fingerprint density at radius 2 is 1.95 bits per heavy atom. The molecule has 1 saturated heterocycles. The standard InChI is InChI=1S/C15H28N2O4/c1-15(2,3)13-14(19)17(8-6-12(18)16-13)7-5-9-21-11-10-20-4/h13H,5-11H2,1-4H3,(H,16,18). The Morgan fingerprint density at radius 1 is 1.24 bits per heavy atom. The molecule has 0 saturated carbocycles. The van der Waals surface area contributed by atoms with Crippen LogP contribution in [0.5, 0.6) is 0 Å². The third-order valence-electron chi connectivity index (χ3n) is 3.49. The molecule has 1 atom stereocenters. The summed E-state index contributed by atoms with van der Waals surface area (Å²) in [6, 6.07) is -0.457. The highest BCUT2D eigenvalue weighted by Crippen LogP contribution is 2.23. The first-order valence-corrected chi connectivity index (χ1v) is 7.51. The van der Waals surface area contributed by atoms with Crippen LogP contribution >= 0.6 is 0 Å². The number of carbonyl (C=O) groups is 2. The summed E-state index contributed by atoms with van der Waals surface area (Å²) in [4.78, 5) is 26.1. The Balaban J connectivity index is 2.48. The molecule has 1 heterocycles. The number of nitrogens with zero attached hydrogens (tertiary/aromatic N) is 1. The second-order valence-corrected chi connectivity index (χ2v) is 6.40. The van der Waals surface area contributed by atoms with E-state index >= 15 is 0 Å². The number of nitrogens with one attached hydrogen (secondary N) is 1. The van der Waals surface area contributed by atoms with E-state index in [0.29, 0.717) is 39.3 Å². The first-order valence-electron chi connectivity index (χ1n) is 7.51. The van der Waals surface area contributed by atoms with Gasteiger partial charge in [-0.3, -0.25) is 9.59 Å². The fourth-order valence-corrected chi connectivity index (χ4v) is 2.23. The third kappa shape index (κ3) is 6.01. The van der Waals surface area contributed by atoms with Crippen molar-refractivity contribution in [2.24, 2.45) is 5.41 Å². The molecule has 0 aromatic heterocycles. The Kier molecular flexibility index (Phi) is 7.11. The zero-order valence-electron chi connectivity index (χ0n) is 13.6. The second-order valence-electron chi connectivity index (χ2n) is 6.40. The summed E-state index contributed by atoms with van der Waals surface area (Å²) in [7, 11) is 1.63. The molecule has 1 aliphatic heterocycles. The van der Waals surface area contributed by atoms with Gasteiger partial charge in [-0.25, -0.2) is 0 Å². The van der Waals surface area contributed by atoms with Crippen LogP contribution in [0.3, 0.4) is 0 Å². The normalized spacial score (nSPS) is 20.4. The molecule has 6 heteroatoms. The van der Waals surface area contributed by atoms with Crippen molar-refractivity contribution < 1.29 is 19.1 Å². The Labute approximate surface area is 127 Å². The average Bonchev–Trinajstić information content (AvgIpc) is 2.54. The fourth-order valence-electron chi connectivity index (χ4n) is 2.23. The summed E-state index contributed by atoms with van der Waals surface area (Å²) in [5.74, 6) is -0.0487. The molecular formula is C15H28N2O4. The predicted molar refractivity (Wildman–Crippen MR) is 79.9 cm³/mol. The summed E-state index contributed by atoms with van der Waals surface area (Å²) in [5, 5.41) is 2.84. The monoisotopic (exact) mass is 300 g/mol. The maximum absolute atomic E-state index is 12.6. The average molecular weight is 300 g/mol. The van der Waals surface area contributed by atoms with E-state index in [0.717, 1.165) is 6.42 Å². The number of methoxy groups -OCH3 is 1. The van der Waals surface area contributed by atoms with Crippen LogP contribution in [-0.2, 0) is 19.1 Å². The molecule has 1 N–H and O–H groups in total. The highest BCUT2D eigenvalue weighted by molar-refractivity contribution is 5.90. The minimum absolute atomic E-state index is 0.00485. The van der Waals surface area contributed by atoms with E-state index in [1.165, 1.54) is 0 Å². The van der Waals surface area contributed by atoms with Crippen LogP contribution in [-0.4, -0.2) is 62.8 Å². The second kappa shape index (κ2) is 8.34. The van der Waals surface area contributed by atoms with Crippen molar-refractivity contribution in [2.75, 3.05) is 40.0 Å². The van der Waals surface area contributed by atoms with Crippen molar-refractivity contribution in [3.63, 3.8) is 0 Å². The van der Waals surface area contributed by atoms with Gasteiger partial charge in [-0.1, -0.05) is 20.8 Å². The molecule has 1 fully saturated rings. The number of amides is 2. The van der Waals surface area contributed by atoms with Gasteiger partial charge in [0.1, 0.15) is 6.04 Å². The number of hydrogen-bond acceptors (Lipinski definition) is 4. The molecule has 21 heavy (non-hydrogen) atoms. The van der Waals surface area contributed by atoms with Gasteiger partial charge in [-0.05, 0) is 11.8 Å². The van der Waals surface area contributed by atoms with Gasteiger partial charge in [0, 0.05) is 33.2 Å². The molecular weight excluding hydrogens is 272 g/mol. The van der Waals surface area contributed by atoms with E-state index in [9.17, 15) is 9.59 Å². The lowest BCUT2D eigenvalue weighted by atomic mass is 9.86. The third-order valence-corrected chi connectivity index (χ3v) is 3.49. The lowest BCUT2D eigenvalue weighted by molar-refractivity contribution is -0.136. The largest absolute Gasteiger partial charge is 0.382 e. The van der Waals surface area contributed by atoms with Gasteiger partial charge in [-0.2, -0.15) is 0 Å². The SMILES string of the molecule is COCCOCCCN1CCC(=O)NC(C(C)(C)C)C1=O. The lowest BCUT2D eigenvalue weighted by Crippen LogP contribution is -2.52. The van der Waals surface area contributed by atoms with Gasteiger partial charge in [0.25, 0.3) is 0 Å². The Morgan fingerprint density at radius 3 is 2.57 bits per heavy atom. The van der Waals surface area contributed by atoms with Crippen LogP contribution in [0.25, 0.3) is 0 Å². The van der Waals surface area contributed by atoms with Gasteiger partial charge >= 0.3 is 0 Å². The molecule has 0 aromatic rings. The first-order chi connectivity index (χ1) is 9.86. The summed E-state index contributed by atoms with van der Waals surface area (Å²) in [5.41, 5.74) is -0.287. The van der Waals surface area contributed by atoms with E-state index in [-0.39, 0.29) is 17.2 Å².